The van der Waals surface area contributed by atoms with E-state index < -0.39 is 0 Å². The summed E-state index contributed by atoms with van der Waals surface area (Å²) in [5, 5.41) is 0. The number of rotatable bonds is 4. The fraction of sp³-hybridized carbons (Fsp3) is 0.0667. The lowest BCUT2D eigenvalue weighted by molar-refractivity contribution is -0.115. The maximum atomic E-state index is 11.7. The van der Waals surface area contributed by atoms with Crippen LogP contribution in [0.15, 0.2) is 60.7 Å². The summed E-state index contributed by atoms with van der Waals surface area (Å²) >= 11 is 0. The standard InChI is InChI=1S/C15H13O/c16-15(11-13-7-3-1-4-8-13)12-14-9-5-2-6-10-14/h1-11H,12H2. The largest absolute Gasteiger partial charge is 0.299 e. The van der Waals surface area contributed by atoms with Gasteiger partial charge in [-0.15, -0.1) is 0 Å². The molecule has 0 unspecified atom stereocenters. The number of hydrogen-bond donors (Lipinski definition) is 0. The van der Waals surface area contributed by atoms with Crippen molar-refractivity contribution < 1.29 is 4.79 Å². The predicted octanol–water partition coefficient (Wildman–Crippen LogP) is 3.05. The molecule has 0 aliphatic carbocycles. The SMILES string of the molecule is O=C([CH]c1ccccc1)Cc1ccccc1. The number of carbonyl (C=O) groups is 1. The van der Waals surface area contributed by atoms with Gasteiger partial charge in [-0.05, 0) is 11.1 Å². The number of ketones is 1. The summed E-state index contributed by atoms with van der Waals surface area (Å²) in [4.78, 5) is 11.7. The van der Waals surface area contributed by atoms with E-state index in [9.17, 15) is 4.79 Å². The minimum Gasteiger partial charge on any atom is -0.299 e. The monoisotopic (exact) mass is 209 g/mol. The molecule has 0 saturated heterocycles. The van der Waals surface area contributed by atoms with E-state index in [-0.39, 0.29) is 5.78 Å². The molecule has 0 N–H and O–H groups in total. The van der Waals surface area contributed by atoms with E-state index in [0.717, 1.165) is 11.1 Å². The fourth-order valence-electron chi connectivity index (χ4n) is 1.58. The third kappa shape index (κ3) is 3.06. The summed E-state index contributed by atoms with van der Waals surface area (Å²) in [5.74, 6) is 0.136. The Hall–Kier alpha value is -1.89. The zero-order valence-corrected chi connectivity index (χ0v) is 8.97. The third-order valence-electron chi connectivity index (χ3n) is 2.35. The van der Waals surface area contributed by atoms with E-state index in [0.29, 0.717) is 6.42 Å². The first-order chi connectivity index (χ1) is 7.84. The molecule has 2 aromatic rings. The normalized spacial score (nSPS) is 10.0. The van der Waals surface area contributed by atoms with Crippen molar-refractivity contribution in [2.75, 3.05) is 0 Å². The summed E-state index contributed by atoms with van der Waals surface area (Å²) < 4.78 is 0. The van der Waals surface area contributed by atoms with Crippen molar-refractivity contribution in [2.45, 2.75) is 6.42 Å². The van der Waals surface area contributed by atoms with Crippen molar-refractivity contribution in [3.8, 4) is 0 Å². The minimum atomic E-state index is 0.136. The topological polar surface area (TPSA) is 17.1 Å². The highest BCUT2D eigenvalue weighted by molar-refractivity contribution is 5.92. The van der Waals surface area contributed by atoms with Crippen LogP contribution in [0.1, 0.15) is 11.1 Å². The lowest BCUT2D eigenvalue weighted by atomic mass is 10.0. The Labute approximate surface area is 95.7 Å². The van der Waals surface area contributed by atoms with Gasteiger partial charge in [-0.1, -0.05) is 60.7 Å². The van der Waals surface area contributed by atoms with Crippen LogP contribution in [-0.4, -0.2) is 5.78 Å². The molecule has 0 fully saturated rings. The maximum Gasteiger partial charge on any atom is 0.145 e. The van der Waals surface area contributed by atoms with Crippen LogP contribution < -0.4 is 0 Å². The first kappa shape index (κ1) is 10.6. The highest BCUT2D eigenvalue weighted by atomic mass is 16.1. The molecule has 0 spiro atoms. The molecule has 0 bridgehead atoms. The van der Waals surface area contributed by atoms with Gasteiger partial charge in [0.15, 0.2) is 0 Å². The van der Waals surface area contributed by atoms with Crippen molar-refractivity contribution in [1.82, 2.24) is 0 Å². The first-order valence-electron chi connectivity index (χ1n) is 5.31. The van der Waals surface area contributed by atoms with Gasteiger partial charge in [0.25, 0.3) is 0 Å². The summed E-state index contributed by atoms with van der Waals surface area (Å²) in [5.41, 5.74) is 2.02. The Bertz CT molecular complexity index is 402. The van der Waals surface area contributed by atoms with E-state index in [1.165, 1.54) is 0 Å². The average molecular weight is 209 g/mol. The third-order valence-corrected chi connectivity index (χ3v) is 2.35. The van der Waals surface area contributed by atoms with Gasteiger partial charge in [0, 0.05) is 6.42 Å². The lowest BCUT2D eigenvalue weighted by Crippen LogP contribution is -2.03. The Kier molecular flexibility index (Phi) is 3.50. The van der Waals surface area contributed by atoms with Gasteiger partial charge in [-0.2, -0.15) is 0 Å². The quantitative estimate of drug-likeness (QED) is 0.756. The molecule has 2 aromatic carbocycles. The van der Waals surface area contributed by atoms with E-state index in [1.54, 1.807) is 6.42 Å². The Morgan fingerprint density at radius 3 is 2.06 bits per heavy atom. The smallest absolute Gasteiger partial charge is 0.145 e. The highest BCUT2D eigenvalue weighted by Gasteiger charge is 2.04. The number of hydrogen-bond acceptors (Lipinski definition) is 1. The number of benzene rings is 2. The molecular formula is C15H13O. The van der Waals surface area contributed by atoms with Crippen molar-refractivity contribution in [1.29, 1.82) is 0 Å². The van der Waals surface area contributed by atoms with Crippen LogP contribution in [0.3, 0.4) is 0 Å². The van der Waals surface area contributed by atoms with E-state index in [1.807, 2.05) is 60.7 Å². The average Bonchev–Trinajstić information content (AvgIpc) is 2.31. The van der Waals surface area contributed by atoms with Gasteiger partial charge >= 0.3 is 0 Å². The Morgan fingerprint density at radius 1 is 0.875 bits per heavy atom. The summed E-state index contributed by atoms with van der Waals surface area (Å²) in [6.45, 7) is 0. The molecule has 1 nitrogen and oxygen atoms in total. The molecule has 0 atom stereocenters. The van der Waals surface area contributed by atoms with Crippen molar-refractivity contribution >= 4 is 5.78 Å². The van der Waals surface area contributed by atoms with E-state index in [4.69, 9.17) is 0 Å². The molecule has 0 aliphatic rings. The van der Waals surface area contributed by atoms with Crippen molar-refractivity contribution in [3.05, 3.63) is 78.2 Å². The second-order valence-electron chi connectivity index (χ2n) is 3.68. The van der Waals surface area contributed by atoms with Gasteiger partial charge in [-0.25, -0.2) is 0 Å². The molecular weight excluding hydrogens is 196 g/mol. The van der Waals surface area contributed by atoms with Crippen LogP contribution in [0.2, 0.25) is 0 Å². The van der Waals surface area contributed by atoms with E-state index in [2.05, 4.69) is 0 Å². The second kappa shape index (κ2) is 5.26. The van der Waals surface area contributed by atoms with E-state index >= 15 is 0 Å². The summed E-state index contributed by atoms with van der Waals surface area (Å²) in [6, 6.07) is 19.5. The van der Waals surface area contributed by atoms with Crippen LogP contribution >= 0.6 is 0 Å². The van der Waals surface area contributed by atoms with Gasteiger partial charge in [-0.3, -0.25) is 4.79 Å². The zero-order valence-electron chi connectivity index (χ0n) is 8.97. The highest BCUT2D eigenvalue weighted by Crippen LogP contribution is 2.06. The molecule has 0 amide bonds. The zero-order chi connectivity index (χ0) is 11.2. The molecule has 1 radical (unpaired) electrons. The molecule has 0 aliphatic heterocycles. The van der Waals surface area contributed by atoms with Crippen molar-refractivity contribution in [2.24, 2.45) is 0 Å². The molecule has 79 valence electrons. The summed E-state index contributed by atoms with van der Waals surface area (Å²) in [7, 11) is 0. The molecule has 1 heteroatoms. The maximum absolute atomic E-state index is 11.7. The molecule has 0 saturated carbocycles. The van der Waals surface area contributed by atoms with Crippen LogP contribution in [0.25, 0.3) is 0 Å². The predicted molar refractivity (Wildman–Crippen MR) is 65.0 cm³/mol. The Balaban J connectivity index is 1.95. The van der Waals surface area contributed by atoms with Crippen LogP contribution in [-0.2, 0) is 11.2 Å². The number of carbonyl (C=O) groups excluding carboxylic acids is 1. The lowest BCUT2D eigenvalue weighted by Gasteiger charge is -2.00. The van der Waals surface area contributed by atoms with Crippen molar-refractivity contribution in [3.63, 3.8) is 0 Å². The van der Waals surface area contributed by atoms with Gasteiger partial charge in [0.1, 0.15) is 5.78 Å². The first-order valence-corrected chi connectivity index (χ1v) is 5.31. The minimum absolute atomic E-state index is 0.136. The molecule has 16 heavy (non-hydrogen) atoms. The van der Waals surface area contributed by atoms with Gasteiger partial charge in [0.05, 0.1) is 6.42 Å². The van der Waals surface area contributed by atoms with Crippen LogP contribution in [0.4, 0.5) is 0 Å². The fourth-order valence-corrected chi connectivity index (χ4v) is 1.58. The molecule has 2 rings (SSSR count). The Morgan fingerprint density at radius 2 is 1.44 bits per heavy atom. The van der Waals surface area contributed by atoms with Gasteiger partial charge < -0.3 is 0 Å². The van der Waals surface area contributed by atoms with Crippen LogP contribution in [0.5, 0.6) is 0 Å². The second-order valence-corrected chi connectivity index (χ2v) is 3.68. The van der Waals surface area contributed by atoms with Crippen LogP contribution in [0, 0.1) is 6.42 Å². The molecule has 0 aromatic heterocycles. The summed E-state index contributed by atoms with van der Waals surface area (Å²) in [6.07, 6.45) is 2.16. The molecule has 0 heterocycles. The number of Topliss-reactive ketones (excluding diaryl/α,β-unsaturated/α-hetero) is 1. The van der Waals surface area contributed by atoms with Gasteiger partial charge in [0.2, 0.25) is 0 Å².